The Morgan fingerprint density at radius 3 is 2.74 bits per heavy atom. The van der Waals surface area contributed by atoms with Crippen LogP contribution in [-0.2, 0) is 11.3 Å². The van der Waals surface area contributed by atoms with Gasteiger partial charge in [0.25, 0.3) is 0 Å². The number of nitrogens with one attached hydrogen (secondary N) is 2. The van der Waals surface area contributed by atoms with Crippen LogP contribution < -0.4 is 15.4 Å². The fourth-order valence-electron chi connectivity index (χ4n) is 2.52. The Balaban J connectivity index is 1.56. The van der Waals surface area contributed by atoms with Gasteiger partial charge in [-0.05, 0) is 31.0 Å². The predicted octanol–water partition coefficient (Wildman–Crippen LogP) is 3.44. The molecule has 0 unspecified atom stereocenters. The van der Waals surface area contributed by atoms with Crippen LogP contribution in [0.3, 0.4) is 0 Å². The molecule has 1 fully saturated rings. The van der Waals surface area contributed by atoms with E-state index in [2.05, 4.69) is 15.6 Å². The van der Waals surface area contributed by atoms with Gasteiger partial charge in [0.2, 0.25) is 5.91 Å². The minimum Gasteiger partial charge on any atom is -0.496 e. The van der Waals surface area contributed by atoms with Crippen LogP contribution in [0.4, 0.5) is 11.5 Å². The average molecular weight is 311 g/mol. The summed E-state index contributed by atoms with van der Waals surface area (Å²) in [5.74, 6) is 1.71. The largest absolute Gasteiger partial charge is 0.496 e. The summed E-state index contributed by atoms with van der Waals surface area (Å²) in [5.41, 5.74) is 1.98. The Morgan fingerprint density at radius 2 is 2.09 bits per heavy atom. The second kappa shape index (κ2) is 7.13. The maximum Gasteiger partial charge on any atom is 0.228 e. The number of rotatable bonds is 6. The van der Waals surface area contributed by atoms with Gasteiger partial charge in [0, 0.05) is 18.0 Å². The molecule has 1 aliphatic rings. The SMILES string of the molecule is COc1ccccc1CNc1ccc(NC(=O)C2CCC2)nc1. The lowest BCUT2D eigenvalue weighted by Gasteiger charge is -2.23. The van der Waals surface area contributed by atoms with E-state index in [1.54, 1.807) is 13.3 Å². The highest BCUT2D eigenvalue weighted by atomic mass is 16.5. The summed E-state index contributed by atoms with van der Waals surface area (Å²) in [7, 11) is 1.67. The van der Waals surface area contributed by atoms with Crippen molar-refractivity contribution in [3.8, 4) is 5.75 Å². The van der Waals surface area contributed by atoms with Gasteiger partial charge in [-0.15, -0.1) is 0 Å². The molecule has 120 valence electrons. The maximum absolute atomic E-state index is 11.9. The Bertz CT molecular complexity index is 666. The van der Waals surface area contributed by atoms with E-state index >= 15 is 0 Å². The van der Waals surface area contributed by atoms with Gasteiger partial charge in [0.15, 0.2) is 0 Å². The molecule has 1 aliphatic carbocycles. The van der Waals surface area contributed by atoms with Crippen molar-refractivity contribution >= 4 is 17.4 Å². The van der Waals surface area contributed by atoms with Crippen molar-refractivity contribution in [3.05, 3.63) is 48.2 Å². The minimum atomic E-state index is 0.0819. The molecule has 0 atom stereocenters. The van der Waals surface area contributed by atoms with Crippen LogP contribution in [0.15, 0.2) is 42.6 Å². The number of nitrogens with zero attached hydrogens (tertiary/aromatic N) is 1. The van der Waals surface area contributed by atoms with Crippen molar-refractivity contribution < 1.29 is 9.53 Å². The molecule has 1 amide bonds. The van der Waals surface area contributed by atoms with Crippen LogP contribution in [0, 0.1) is 5.92 Å². The molecule has 5 nitrogen and oxygen atoms in total. The van der Waals surface area contributed by atoms with Crippen molar-refractivity contribution in [2.75, 3.05) is 17.7 Å². The monoisotopic (exact) mass is 311 g/mol. The fourth-order valence-corrected chi connectivity index (χ4v) is 2.52. The topological polar surface area (TPSA) is 63.2 Å². The molecular formula is C18H21N3O2. The number of amides is 1. The third-order valence-electron chi connectivity index (χ3n) is 4.17. The van der Waals surface area contributed by atoms with E-state index in [-0.39, 0.29) is 11.8 Å². The van der Waals surface area contributed by atoms with Crippen molar-refractivity contribution in [1.29, 1.82) is 0 Å². The van der Waals surface area contributed by atoms with E-state index in [1.807, 2.05) is 36.4 Å². The quantitative estimate of drug-likeness (QED) is 0.858. The third kappa shape index (κ3) is 3.80. The maximum atomic E-state index is 11.9. The van der Waals surface area contributed by atoms with Crippen LogP contribution in [0.1, 0.15) is 24.8 Å². The van der Waals surface area contributed by atoms with E-state index in [9.17, 15) is 4.79 Å². The zero-order valence-electron chi connectivity index (χ0n) is 13.2. The van der Waals surface area contributed by atoms with Crippen LogP contribution in [0.25, 0.3) is 0 Å². The molecule has 3 rings (SSSR count). The van der Waals surface area contributed by atoms with Gasteiger partial charge in [0.1, 0.15) is 11.6 Å². The first kappa shape index (κ1) is 15.3. The van der Waals surface area contributed by atoms with Crippen molar-refractivity contribution in [1.82, 2.24) is 4.98 Å². The van der Waals surface area contributed by atoms with Gasteiger partial charge in [-0.25, -0.2) is 4.98 Å². The number of hydrogen-bond acceptors (Lipinski definition) is 4. The first-order chi connectivity index (χ1) is 11.3. The van der Waals surface area contributed by atoms with Crippen molar-refractivity contribution in [2.24, 2.45) is 5.92 Å². The number of pyridine rings is 1. The molecule has 23 heavy (non-hydrogen) atoms. The zero-order valence-corrected chi connectivity index (χ0v) is 13.2. The Morgan fingerprint density at radius 1 is 1.26 bits per heavy atom. The summed E-state index contributed by atoms with van der Waals surface area (Å²) in [5, 5.41) is 6.17. The summed E-state index contributed by atoms with van der Waals surface area (Å²) in [6, 6.07) is 11.6. The van der Waals surface area contributed by atoms with Gasteiger partial charge >= 0.3 is 0 Å². The minimum absolute atomic E-state index is 0.0819. The normalized spacial score (nSPS) is 14.0. The van der Waals surface area contributed by atoms with Crippen molar-refractivity contribution in [2.45, 2.75) is 25.8 Å². The Kier molecular flexibility index (Phi) is 4.76. The third-order valence-corrected chi connectivity index (χ3v) is 4.17. The van der Waals surface area contributed by atoms with E-state index in [1.165, 1.54) is 0 Å². The summed E-state index contributed by atoms with van der Waals surface area (Å²) in [4.78, 5) is 16.2. The Labute approximate surface area is 136 Å². The van der Waals surface area contributed by atoms with Crippen LogP contribution in [0.2, 0.25) is 0 Å². The zero-order chi connectivity index (χ0) is 16.1. The van der Waals surface area contributed by atoms with Gasteiger partial charge in [-0.1, -0.05) is 24.6 Å². The number of methoxy groups -OCH3 is 1. The Hall–Kier alpha value is -2.56. The van der Waals surface area contributed by atoms with Crippen molar-refractivity contribution in [3.63, 3.8) is 0 Å². The molecule has 1 heterocycles. The van der Waals surface area contributed by atoms with E-state index in [4.69, 9.17) is 4.74 Å². The standard InChI is InChI=1S/C18H21N3O2/c1-23-16-8-3-2-5-14(16)11-19-15-9-10-17(20-12-15)21-18(22)13-6-4-7-13/h2-3,5,8-10,12-13,19H,4,6-7,11H2,1H3,(H,20,21,22). The number of aromatic nitrogens is 1. The number of para-hydroxylation sites is 1. The van der Waals surface area contributed by atoms with Gasteiger partial charge in [-0.2, -0.15) is 0 Å². The number of hydrogen-bond donors (Lipinski definition) is 2. The van der Waals surface area contributed by atoms with E-state index < -0.39 is 0 Å². The molecule has 0 radical (unpaired) electrons. The molecular weight excluding hydrogens is 290 g/mol. The summed E-state index contributed by atoms with van der Waals surface area (Å²) in [6.45, 7) is 0.652. The van der Waals surface area contributed by atoms with Gasteiger partial charge < -0.3 is 15.4 Å². The molecule has 5 heteroatoms. The summed E-state index contributed by atoms with van der Waals surface area (Å²) >= 11 is 0. The van der Waals surface area contributed by atoms with Gasteiger partial charge in [-0.3, -0.25) is 4.79 Å². The average Bonchev–Trinajstić information content (AvgIpc) is 2.53. The number of benzene rings is 1. The molecule has 1 saturated carbocycles. The highest BCUT2D eigenvalue weighted by Gasteiger charge is 2.25. The predicted molar refractivity (Wildman–Crippen MR) is 90.5 cm³/mol. The van der Waals surface area contributed by atoms with Crippen LogP contribution >= 0.6 is 0 Å². The highest BCUT2D eigenvalue weighted by Crippen LogP contribution is 2.27. The lowest BCUT2D eigenvalue weighted by molar-refractivity contribution is -0.122. The van der Waals surface area contributed by atoms with Crippen LogP contribution in [-0.4, -0.2) is 18.0 Å². The van der Waals surface area contributed by atoms with Crippen LogP contribution in [0.5, 0.6) is 5.75 Å². The van der Waals surface area contributed by atoms with Gasteiger partial charge in [0.05, 0.1) is 19.0 Å². The molecule has 1 aromatic heterocycles. The molecule has 0 aliphatic heterocycles. The first-order valence-electron chi connectivity index (χ1n) is 7.89. The number of ether oxygens (including phenoxy) is 1. The lowest BCUT2D eigenvalue weighted by atomic mass is 9.85. The summed E-state index contributed by atoms with van der Waals surface area (Å²) < 4.78 is 5.33. The molecule has 1 aromatic carbocycles. The molecule has 0 bridgehead atoms. The molecule has 2 aromatic rings. The number of anilines is 2. The summed E-state index contributed by atoms with van der Waals surface area (Å²) in [6.07, 6.45) is 4.86. The van der Waals surface area contributed by atoms with E-state index in [0.717, 1.165) is 36.3 Å². The molecule has 0 spiro atoms. The second-order valence-corrected chi connectivity index (χ2v) is 5.71. The van der Waals surface area contributed by atoms with E-state index in [0.29, 0.717) is 12.4 Å². The second-order valence-electron chi connectivity index (χ2n) is 5.71. The smallest absolute Gasteiger partial charge is 0.228 e. The molecule has 2 N–H and O–H groups in total. The lowest BCUT2D eigenvalue weighted by Crippen LogP contribution is -2.28. The first-order valence-corrected chi connectivity index (χ1v) is 7.89. The fraction of sp³-hybridized carbons (Fsp3) is 0.333. The number of carbonyl (C=O) groups is 1. The number of carbonyl (C=O) groups excluding carboxylic acids is 1. The highest BCUT2D eigenvalue weighted by molar-refractivity contribution is 5.92. The molecule has 0 saturated heterocycles.